The van der Waals surface area contributed by atoms with Gasteiger partial charge in [-0.25, -0.2) is 0 Å². The van der Waals surface area contributed by atoms with Crippen molar-refractivity contribution in [2.24, 2.45) is 5.11 Å². The molecule has 0 bridgehead atoms. The van der Waals surface area contributed by atoms with Gasteiger partial charge in [0.1, 0.15) is 36.7 Å². The van der Waals surface area contributed by atoms with Gasteiger partial charge in [-0.05, 0) is 29.8 Å². The smallest absolute Gasteiger partial charge is 0.303 e. The number of carbonyl (C=O) groups is 3. The molecule has 1 aromatic rings. The van der Waals surface area contributed by atoms with E-state index in [4.69, 9.17) is 24.5 Å². The molecule has 0 saturated carbocycles. The lowest BCUT2D eigenvalue weighted by molar-refractivity contribution is -0.254. The highest BCUT2D eigenvalue weighted by Gasteiger charge is 2.48. The van der Waals surface area contributed by atoms with Crippen molar-refractivity contribution in [1.29, 1.82) is 0 Å². The van der Waals surface area contributed by atoms with Gasteiger partial charge in [0.15, 0.2) is 0 Å². The van der Waals surface area contributed by atoms with Crippen LogP contribution in [-0.2, 0) is 28.6 Å². The van der Waals surface area contributed by atoms with E-state index < -0.39 is 42.6 Å². The van der Waals surface area contributed by atoms with E-state index in [0.717, 1.165) is 6.92 Å². The first kappa shape index (κ1) is 22.9. The zero-order valence-corrected chi connectivity index (χ0v) is 16.5. The van der Waals surface area contributed by atoms with E-state index in [1.807, 2.05) is 0 Å². The normalized spacial score (nSPS) is 25.4. The first-order valence-corrected chi connectivity index (χ1v) is 8.94. The highest BCUT2D eigenvalue weighted by atomic mass is 16.7. The van der Waals surface area contributed by atoms with Crippen LogP contribution in [0, 0.1) is 0 Å². The van der Waals surface area contributed by atoms with Crippen LogP contribution in [0.1, 0.15) is 20.8 Å². The molecule has 1 aliphatic rings. The van der Waals surface area contributed by atoms with Crippen molar-refractivity contribution in [1.82, 2.24) is 0 Å². The SMILES string of the molecule is CC(=O)Nc1ccc(O[C@H]2O[C@H](COC(C)=O)[C@@H](OC(C)=O)[C@@H](N=[N+]=[N-])[C@@H]2O)cc1. The van der Waals surface area contributed by atoms with Crippen molar-refractivity contribution in [3.05, 3.63) is 34.7 Å². The summed E-state index contributed by atoms with van der Waals surface area (Å²) in [6.45, 7) is 3.38. The monoisotopic (exact) mass is 422 g/mol. The average Bonchev–Trinajstić information content (AvgIpc) is 2.66. The zero-order chi connectivity index (χ0) is 22.3. The largest absolute Gasteiger partial charge is 0.463 e. The first-order valence-electron chi connectivity index (χ1n) is 8.94. The fourth-order valence-electron chi connectivity index (χ4n) is 2.82. The maximum absolute atomic E-state index is 11.5. The van der Waals surface area contributed by atoms with Gasteiger partial charge in [0.25, 0.3) is 0 Å². The number of anilines is 1. The molecule has 12 nitrogen and oxygen atoms in total. The summed E-state index contributed by atoms with van der Waals surface area (Å²) in [7, 11) is 0. The molecule has 1 heterocycles. The fourth-order valence-corrected chi connectivity index (χ4v) is 2.82. The second kappa shape index (κ2) is 10.4. The number of carbonyl (C=O) groups excluding carboxylic acids is 3. The van der Waals surface area contributed by atoms with Crippen molar-refractivity contribution >= 4 is 23.5 Å². The molecule has 5 atom stereocenters. The van der Waals surface area contributed by atoms with Gasteiger partial charge in [-0.15, -0.1) is 0 Å². The molecule has 162 valence electrons. The molecule has 0 unspecified atom stereocenters. The number of nitrogens with one attached hydrogen (secondary N) is 1. The Balaban J connectivity index is 2.23. The van der Waals surface area contributed by atoms with Crippen molar-refractivity contribution in [2.75, 3.05) is 11.9 Å². The standard InChI is InChI=1S/C18H22N4O8/c1-9(23)20-12-4-6-13(7-5-12)29-18-16(26)15(21-22-19)17(28-11(3)25)14(30-18)8-27-10(2)24/h4-7,14-18,26H,8H2,1-3H3,(H,20,23)/t14-,15+,16+,17-,18+/m1/s1. The van der Waals surface area contributed by atoms with Crippen LogP contribution in [0.2, 0.25) is 0 Å². The highest BCUT2D eigenvalue weighted by Crippen LogP contribution is 2.29. The molecule has 1 saturated heterocycles. The van der Waals surface area contributed by atoms with E-state index in [0.29, 0.717) is 5.69 Å². The van der Waals surface area contributed by atoms with Gasteiger partial charge in [-0.1, -0.05) is 5.11 Å². The summed E-state index contributed by atoms with van der Waals surface area (Å²) in [5.41, 5.74) is 9.41. The predicted molar refractivity (Wildman–Crippen MR) is 101 cm³/mol. The summed E-state index contributed by atoms with van der Waals surface area (Å²) in [6, 6.07) is 4.97. The molecule has 1 fully saturated rings. The highest BCUT2D eigenvalue weighted by molar-refractivity contribution is 5.88. The molecule has 12 heteroatoms. The number of aliphatic hydroxyl groups is 1. The Labute approximate surface area is 171 Å². The summed E-state index contributed by atoms with van der Waals surface area (Å²) in [6.07, 6.45) is -5.07. The van der Waals surface area contributed by atoms with Crippen LogP contribution in [-0.4, -0.2) is 60.2 Å². The molecule has 1 aliphatic heterocycles. The summed E-state index contributed by atoms with van der Waals surface area (Å²) >= 11 is 0. The number of nitrogens with zero attached hydrogens (tertiary/aromatic N) is 3. The van der Waals surface area contributed by atoms with Gasteiger partial charge >= 0.3 is 11.9 Å². The fraction of sp³-hybridized carbons (Fsp3) is 0.500. The zero-order valence-electron chi connectivity index (χ0n) is 16.5. The molecule has 1 aromatic carbocycles. The van der Waals surface area contributed by atoms with Crippen LogP contribution in [0.25, 0.3) is 10.4 Å². The van der Waals surface area contributed by atoms with Crippen LogP contribution in [0.4, 0.5) is 5.69 Å². The molecule has 0 radical (unpaired) electrons. The number of rotatable bonds is 7. The van der Waals surface area contributed by atoms with E-state index in [2.05, 4.69) is 15.3 Å². The number of hydrogen-bond acceptors (Lipinski definition) is 9. The Morgan fingerprint density at radius 2 is 1.87 bits per heavy atom. The van der Waals surface area contributed by atoms with E-state index in [9.17, 15) is 19.5 Å². The number of hydrogen-bond donors (Lipinski definition) is 2. The van der Waals surface area contributed by atoms with E-state index in [1.165, 1.54) is 26.0 Å². The number of benzene rings is 1. The summed E-state index contributed by atoms with van der Waals surface area (Å²) < 4.78 is 21.4. The lowest BCUT2D eigenvalue weighted by Crippen LogP contribution is -2.60. The topological polar surface area (TPSA) is 169 Å². The van der Waals surface area contributed by atoms with Crippen molar-refractivity contribution in [3.63, 3.8) is 0 Å². The van der Waals surface area contributed by atoms with Crippen LogP contribution in [0.3, 0.4) is 0 Å². The first-order chi connectivity index (χ1) is 14.2. The molecule has 1 amide bonds. The number of esters is 2. The predicted octanol–water partition coefficient (Wildman–Crippen LogP) is 1.28. The number of ether oxygens (including phenoxy) is 4. The number of aliphatic hydroxyl groups excluding tert-OH is 1. The van der Waals surface area contributed by atoms with Gasteiger partial charge < -0.3 is 29.4 Å². The van der Waals surface area contributed by atoms with Gasteiger partial charge in [0, 0.05) is 31.4 Å². The van der Waals surface area contributed by atoms with Crippen LogP contribution in [0.15, 0.2) is 29.4 Å². The van der Waals surface area contributed by atoms with Gasteiger partial charge in [0.2, 0.25) is 12.2 Å². The summed E-state index contributed by atoms with van der Waals surface area (Å²) in [5.74, 6) is -1.26. The molecule has 2 N–H and O–H groups in total. The minimum Gasteiger partial charge on any atom is -0.463 e. The Morgan fingerprint density at radius 3 is 2.40 bits per heavy atom. The molecule has 0 spiro atoms. The van der Waals surface area contributed by atoms with Gasteiger partial charge in [-0.2, -0.15) is 0 Å². The minimum absolute atomic E-state index is 0.239. The van der Waals surface area contributed by atoms with Gasteiger partial charge in [-0.3, -0.25) is 14.4 Å². The lowest BCUT2D eigenvalue weighted by atomic mass is 9.96. The third kappa shape index (κ3) is 6.34. The maximum atomic E-state index is 11.5. The molecule has 0 aromatic heterocycles. The van der Waals surface area contributed by atoms with Crippen molar-refractivity contribution in [3.8, 4) is 5.75 Å². The number of amides is 1. The van der Waals surface area contributed by atoms with Crippen molar-refractivity contribution < 1.29 is 38.4 Å². The van der Waals surface area contributed by atoms with E-state index in [1.54, 1.807) is 12.1 Å². The van der Waals surface area contributed by atoms with E-state index >= 15 is 0 Å². The molecule has 30 heavy (non-hydrogen) atoms. The molecule has 2 rings (SSSR count). The Hall–Kier alpha value is -3.34. The Morgan fingerprint density at radius 1 is 1.20 bits per heavy atom. The van der Waals surface area contributed by atoms with Gasteiger partial charge in [0.05, 0.1) is 0 Å². The van der Waals surface area contributed by atoms with E-state index in [-0.39, 0.29) is 18.3 Å². The molecule has 0 aliphatic carbocycles. The maximum Gasteiger partial charge on any atom is 0.303 e. The average molecular weight is 422 g/mol. The Bertz CT molecular complexity index is 824. The van der Waals surface area contributed by atoms with Crippen molar-refractivity contribution in [2.45, 2.75) is 51.4 Å². The minimum atomic E-state index is -1.49. The molecular weight excluding hydrogens is 400 g/mol. The molecular formula is C18H22N4O8. The lowest BCUT2D eigenvalue weighted by Gasteiger charge is -2.41. The third-order valence-electron chi connectivity index (χ3n) is 4.01. The summed E-state index contributed by atoms with van der Waals surface area (Å²) in [4.78, 5) is 36.5. The van der Waals surface area contributed by atoms with Crippen LogP contribution < -0.4 is 10.1 Å². The summed E-state index contributed by atoms with van der Waals surface area (Å²) in [5, 5.41) is 16.7. The quantitative estimate of drug-likeness (QED) is 0.286. The Kier molecular flexibility index (Phi) is 7.98. The third-order valence-corrected chi connectivity index (χ3v) is 4.01. The second-order valence-electron chi connectivity index (χ2n) is 6.43. The van der Waals surface area contributed by atoms with Crippen LogP contribution >= 0.6 is 0 Å². The van der Waals surface area contributed by atoms with Crippen LogP contribution in [0.5, 0.6) is 5.75 Å². The number of azide groups is 1. The second-order valence-corrected chi connectivity index (χ2v) is 6.43.